The van der Waals surface area contributed by atoms with Crippen LogP contribution in [0.2, 0.25) is 0 Å². The van der Waals surface area contributed by atoms with Crippen LogP contribution in [0.3, 0.4) is 0 Å². The Labute approximate surface area is 136 Å². The van der Waals surface area contributed by atoms with Crippen molar-refractivity contribution in [3.63, 3.8) is 0 Å². The molecule has 0 aliphatic carbocycles. The summed E-state index contributed by atoms with van der Waals surface area (Å²) < 4.78 is 5.50. The quantitative estimate of drug-likeness (QED) is 0.911. The van der Waals surface area contributed by atoms with Crippen molar-refractivity contribution in [3.8, 4) is 0 Å². The number of hydrogen-bond acceptors (Lipinski definition) is 4. The number of carbonyl (C=O) groups is 1. The van der Waals surface area contributed by atoms with Crippen molar-refractivity contribution >= 4 is 22.7 Å². The van der Waals surface area contributed by atoms with Crippen molar-refractivity contribution in [2.45, 2.75) is 45.3 Å². The Hall–Kier alpha value is -2.24. The molecule has 1 saturated heterocycles. The van der Waals surface area contributed by atoms with Gasteiger partial charge in [-0.2, -0.15) is 5.10 Å². The SMILES string of the molecule is CC(C)(C)OC(=O)N1CCCC1CNc1cccc2cn[nH]c12. The van der Waals surface area contributed by atoms with Crippen LogP contribution in [0.15, 0.2) is 24.4 Å². The molecule has 2 N–H and O–H groups in total. The molecule has 6 nitrogen and oxygen atoms in total. The molecule has 0 bridgehead atoms. The van der Waals surface area contributed by atoms with Crippen molar-refractivity contribution in [1.29, 1.82) is 0 Å². The average Bonchev–Trinajstić information content (AvgIpc) is 3.12. The van der Waals surface area contributed by atoms with Crippen LogP contribution >= 0.6 is 0 Å². The van der Waals surface area contributed by atoms with Crippen molar-refractivity contribution < 1.29 is 9.53 Å². The number of rotatable bonds is 3. The molecule has 1 amide bonds. The largest absolute Gasteiger partial charge is 0.444 e. The van der Waals surface area contributed by atoms with Crippen LogP contribution < -0.4 is 5.32 Å². The number of carbonyl (C=O) groups excluding carboxylic acids is 1. The number of benzene rings is 1. The van der Waals surface area contributed by atoms with E-state index >= 15 is 0 Å². The standard InChI is InChI=1S/C17H24N4O2/c1-17(2,3)23-16(22)21-9-5-7-13(21)11-18-14-8-4-6-12-10-19-20-15(12)14/h4,6,8,10,13,18H,5,7,9,11H2,1-3H3,(H,19,20). The van der Waals surface area contributed by atoms with Crippen LogP contribution in [0.25, 0.3) is 10.9 Å². The summed E-state index contributed by atoms with van der Waals surface area (Å²) in [5.41, 5.74) is 1.55. The van der Waals surface area contributed by atoms with E-state index in [9.17, 15) is 4.79 Å². The number of fused-ring (bicyclic) bond motifs is 1. The Balaban J connectivity index is 1.65. The molecule has 1 aliphatic rings. The number of H-pyrrole nitrogens is 1. The maximum absolute atomic E-state index is 12.3. The lowest BCUT2D eigenvalue weighted by Gasteiger charge is -2.29. The van der Waals surface area contributed by atoms with Crippen LogP contribution in [0.1, 0.15) is 33.6 Å². The van der Waals surface area contributed by atoms with Gasteiger partial charge in [0.05, 0.1) is 23.4 Å². The number of nitrogens with one attached hydrogen (secondary N) is 2. The lowest BCUT2D eigenvalue weighted by atomic mass is 10.2. The fraction of sp³-hybridized carbons (Fsp3) is 0.529. The maximum atomic E-state index is 12.3. The molecule has 2 aromatic rings. The summed E-state index contributed by atoms with van der Waals surface area (Å²) in [4.78, 5) is 14.2. The van der Waals surface area contributed by atoms with E-state index in [1.54, 1.807) is 0 Å². The normalized spacial score (nSPS) is 18.4. The Kier molecular flexibility index (Phi) is 4.15. The van der Waals surface area contributed by atoms with Gasteiger partial charge in [-0.05, 0) is 39.7 Å². The van der Waals surface area contributed by atoms with Crippen molar-refractivity contribution in [1.82, 2.24) is 15.1 Å². The molecular formula is C17H24N4O2. The van der Waals surface area contributed by atoms with Gasteiger partial charge in [0, 0.05) is 18.5 Å². The lowest BCUT2D eigenvalue weighted by Crippen LogP contribution is -2.42. The minimum absolute atomic E-state index is 0.156. The fourth-order valence-electron chi connectivity index (χ4n) is 2.95. The summed E-state index contributed by atoms with van der Waals surface area (Å²) in [5, 5.41) is 11.6. The molecule has 23 heavy (non-hydrogen) atoms. The minimum atomic E-state index is -0.459. The number of aromatic nitrogens is 2. The molecule has 0 spiro atoms. The van der Waals surface area contributed by atoms with E-state index < -0.39 is 5.60 Å². The van der Waals surface area contributed by atoms with E-state index in [4.69, 9.17) is 4.74 Å². The number of hydrogen-bond donors (Lipinski definition) is 2. The van der Waals surface area contributed by atoms with Gasteiger partial charge < -0.3 is 15.0 Å². The lowest BCUT2D eigenvalue weighted by molar-refractivity contribution is 0.0235. The molecule has 1 atom stereocenters. The molecular weight excluding hydrogens is 292 g/mol. The third kappa shape index (κ3) is 3.57. The molecule has 1 aromatic heterocycles. The minimum Gasteiger partial charge on any atom is -0.444 e. The second kappa shape index (κ2) is 6.10. The van der Waals surface area contributed by atoms with Gasteiger partial charge >= 0.3 is 6.09 Å². The van der Waals surface area contributed by atoms with Crippen LogP contribution in [-0.2, 0) is 4.74 Å². The van der Waals surface area contributed by atoms with Gasteiger partial charge in [-0.1, -0.05) is 12.1 Å². The fourth-order valence-corrected chi connectivity index (χ4v) is 2.95. The number of para-hydroxylation sites is 1. The smallest absolute Gasteiger partial charge is 0.410 e. The van der Waals surface area contributed by atoms with E-state index in [0.29, 0.717) is 6.54 Å². The van der Waals surface area contributed by atoms with Crippen molar-refractivity contribution in [3.05, 3.63) is 24.4 Å². The predicted molar refractivity (Wildman–Crippen MR) is 90.5 cm³/mol. The second-order valence-corrected chi connectivity index (χ2v) is 6.99. The molecule has 1 aliphatic heterocycles. The Morgan fingerprint density at radius 3 is 3.09 bits per heavy atom. The summed E-state index contributed by atoms with van der Waals surface area (Å²) in [6.45, 7) is 7.15. The van der Waals surface area contributed by atoms with Crippen LogP contribution in [0.5, 0.6) is 0 Å². The van der Waals surface area contributed by atoms with Crippen LogP contribution in [0.4, 0.5) is 10.5 Å². The predicted octanol–water partition coefficient (Wildman–Crippen LogP) is 3.37. The first-order valence-electron chi connectivity index (χ1n) is 8.09. The molecule has 1 aromatic carbocycles. The molecule has 0 radical (unpaired) electrons. The van der Waals surface area contributed by atoms with Gasteiger partial charge in [-0.3, -0.25) is 5.10 Å². The third-order valence-electron chi connectivity index (χ3n) is 4.01. The zero-order chi connectivity index (χ0) is 16.4. The molecule has 1 unspecified atom stereocenters. The third-order valence-corrected chi connectivity index (χ3v) is 4.01. The van der Waals surface area contributed by atoms with Gasteiger partial charge in [0.15, 0.2) is 0 Å². The summed E-state index contributed by atoms with van der Waals surface area (Å²) in [6, 6.07) is 6.20. The van der Waals surface area contributed by atoms with Gasteiger partial charge in [0.2, 0.25) is 0 Å². The first kappa shape index (κ1) is 15.6. The Morgan fingerprint density at radius 1 is 1.48 bits per heavy atom. The first-order valence-corrected chi connectivity index (χ1v) is 8.09. The summed E-state index contributed by atoms with van der Waals surface area (Å²) in [6.07, 6.45) is 3.59. The number of anilines is 1. The second-order valence-electron chi connectivity index (χ2n) is 6.99. The molecule has 3 rings (SSSR count). The van der Waals surface area contributed by atoms with E-state index in [-0.39, 0.29) is 12.1 Å². The number of likely N-dealkylation sites (tertiary alicyclic amines) is 1. The van der Waals surface area contributed by atoms with Gasteiger partial charge in [0.25, 0.3) is 0 Å². The first-order chi connectivity index (χ1) is 10.9. The number of aromatic amines is 1. The highest BCUT2D eigenvalue weighted by atomic mass is 16.6. The molecule has 2 heterocycles. The van der Waals surface area contributed by atoms with Crippen molar-refractivity contribution in [2.75, 3.05) is 18.4 Å². The Bertz CT molecular complexity index is 689. The topological polar surface area (TPSA) is 70.2 Å². The molecule has 6 heteroatoms. The van der Waals surface area contributed by atoms with E-state index in [0.717, 1.165) is 36.0 Å². The van der Waals surface area contributed by atoms with Crippen LogP contribution in [0, 0.1) is 0 Å². The zero-order valence-corrected chi connectivity index (χ0v) is 13.9. The van der Waals surface area contributed by atoms with Crippen molar-refractivity contribution in [2.24, 2.45) is 0 Å². The highest BCUT2D eigenvalue weighted by molar-refractivity contribution is 5.89. The van der Waals surface area contributed by atoms with Gasteiger partial charge in [-0.15, -0.1) is 0 Å². The average molecular weight is 316 g/mol. The number of nitrogens with zero attached hydrogens (tertiary/aromatic N) is 2. The highest BCUT2D eigenvalue weighted by Gasteiger charge is 2.31. The summed E-state index contributed by atoms with van der Waals surface area (Å²) in [5.74, 6) is 0. The molecule has 1 fully saturated rings. The van der Waals surface area contributed by atoms with Gasteiger partial charge in [-0.25, -0.2) is 4.79 Å². The molecule has 0 saturated carbocycles. The zero-order valence-electron chi connectivity index (χ0n) is 13.9. The van der Waals surface area contributed by atoms with Crippen LogP contribution in [-0.4, -0.2) is 45.9 Å². The van der Waals surface area contributed by atoms with E-state index in [1.807, 2.05) is 50.1 Å². The van der Waals surface area contributed by atoms with Gasteiger partial charge in [0.1, 0.15) is 5.60 Å². The summed E-state index contributed by atoms with van der Waals surface area (Å²) >= 11 is 0. The number of amides is 1. The summed E-state index contributed by atoms with van der Waals surface area (Å²) in [7, 11) is 0. The monoisotopic (exact) mass is 316 g/mol. The molecule has 124 valence electrons. The van der Waals surface area contributed by atoms with E-state index in [2.05, 4.69) is 15.5 Å². The van der Waals surface area contributed by atoms with E-state index in [1.165, 1.54) is 0 Å². The number of ether oxygens (including phenoxy) is 1. The highest BCUT2D eigenvalue weighted by Crippen LogP contribution is 2.24. The Morgan fingerprint density at radius 2 is 2.30 bits per heavy atom. The maximum Gasteiger partial charge on any atom is 0.410 e.